The third kappa shape index (κ3) is 3.34. The molecule has 4 fully saturated rings. The number of ether oxygens (including phenoxy) is 1. The molecule has 0 unspecified atom stereocenters. The quantitative estimate of drug-likeness (QED) is 0.245. The summed E-state index contributed by atoms with van der Waals surface area (Å²) in [5, 5.41) is 0. The van der Waals surface area contributed by atoms with Crippen LogP contribution in [0.2, 0.25) is 0 Å². The second-order valence-electron chi connectivity index (χ2n) is 13.3. The van der Waals surface area contributed by atoms with Gasteiger partial charge in [-0.1, -0.05) is 59.8 Å². The van der Waals surface area contributed by atoms with E-state index < -0.39 is 5.60 Å². The molecule has 2 bridgehead atoms. The van der Waals surface area contributed by atoms with Crippen LogP contribution in [-0.2, 0) is 19.3 Å². The van der Waals surface area contributed by atoms with Crippen LogP contribution >= 0.6 is 0 Å². The van der Waals surface area contributed by atoms with E-state index in [9.17, 15) is 4.79 Å². The second-order valence-corrected chi connectivity index (χ2v) is 13.3. The molecule has 6 rings (SSSR count). The minimum atomic E-state index is -0.480. The lowest BCUT2D eigenvalue weighted by atomic mass is 9.42. The van der Waals surface area contributed by atoms with Crippen molar-refractivity contribution in [3.63, 3.8) is 0 Å². The van der Waals surface area contributed by atoms with E-state index in [0.717, 1.165) is 12.8 Å². The minimum absolute atomic E-state index is 0.0221. The summed E-state index contributed by atoms with van der Waals surface area (Å²) in [6.07, 6.45) is 17.1. The van der Waals surface area contributed by atoms with Gasteiger partial charge >= 0.3 is 5.97 Å². The Hall–Kier alpha value is -1.13. The first-order valence-electron chi connectivity index (χ1n) is 13.9. The standard InChI is InChI=1S/C30H46O4/c1-19(2)20(3)8-9-21(4)24-10-11-25-27(24,6)14-13-26-28(7)15-12-23(32-22(5)31)18-29(28)16-17-30(25,26)34-33-29/h8-9,16-17,19-21,23-26H,10-15,18H2,1-7H3/b9-8+/t20-,21+,23+,24-,25+,26-,27+,28+,29+,30-/m0/s1. The highest BCUT2D eigenvalue weighted by atomic mass is 17.2. The minimum Gasteiger partial charge on any atom is -0.462 e. The number of esters is 1. The van der Waals surface area contributed by atoms with Gasteiger partial charge in [-0.2, -0.15) is 0 Å². The fourth-order valence-electron chi connectivity index (χ4n) is 9.03. The third-order valence-electron chi connectivity index (χ3n) is 11.4. The lowest BCUT2D eigenvalue weighted by molar-refractivity contribution is -0.497. The van der Waals surface area contributed by atoms with E-state index in [1.54, 1.807) is 0 Å². The Bertz CT molecular complexity index is 877. The monoisotopic (exact) mass is 470 g/mol. The highest BCUT2D eigenvalue weighted by Crippen LogP contribution is 2.72. The van der Waals surface area contributed by atoms with Gasteiger partial charge in [-0.15, -0.1) is 0 Å². The van der Waals surface area contributed by atoms with E-state index in [0.29, 0.717) is 41.9 Å². The molecule has 4 heteroatoms. The van der Waals surface area contributed by atoms with Gasteiger partial charge in [0.15, 0.2) is 0 Å². The van der Waals surface area contributed by atoms with Crippen LogP contribution in [-0.4, -0.2) is 23.3 Å². The van der Waals surface area contributed by atoms with Gasteiger partial charge in [0.2, 0.25) is 0 Å². The SMILES string of the molecule is CC(=O)O[C@@H]1CC[C@]2(C)[C@@H]3CC[C@@]4(C)[C@@H](CC[C@H]4[C@H](C)/C=C/[C@H](C)C(C)C)[C@@]34C=C[C@]2(C1)OO4. The molecule has 0 aromatic carbocycles. The number of hydrogen-bond donors (Lipinski definition) is 0. The van der Waals surface area contributed by atoms with Crippen LogP contribution in [0.1, 0.15) is 93.4 Å². The first kappa shape index (κ1) is 24.6. The van der Waals surface area contributed by atoms with E-state index in [-0.39, 0.29) is 28.5 Å². The number of rotatable bonds is 5. The molecular formula is C30H46O4. The molecule has 2 aliphatic heterocycles. The molecule has 4 nitrogen and oxygen atoms in total. The maximum atomic E-state index is 11.6. The second kappa shape index (κ2) is 8.20. The summed E-state index contributed by atoms with van der Waals surface area (Å²) in [4.78, 5) is 24.6. The van der Waals surface area contributed by atoms with Gasteiger partial charge in [0.05, 0.1) is 0 Å². The average molecular weight is 471 g/mol. The summed E-state index contributed by atoms with van der Waals surface area (Å²) in [5.41, 5.74) is -0.514. The molecule has 2 heterocycles. The smallest absolute Gasteiger partial charge is 0.302 e. The van der Waals surface area contributed by atoms with E-state index in [1.165, 1.54) is 32.6 Å². The number of hydrogen-bond acceptors (Lipinski definition) is 4. The molecule has 0 aromatic heterocycles. The van der Waals surface area contributed by atoms with Crippen LogP contribution in [0.3, 0.4) is 0 Å². The Morgan fingerprint density at radius 3 is 2.38 bits per heavy atom. The summed E-state index contributed by atoms with van der Waals surface area (Å²) < 4.78 is 5.63. The number of allylic oxidation sites excluding steroid dienone is 2. The molecular weight excluding hydrogens is 424 g/mol. The average Bonchev–Trinajstić information content (AvgIpc) is 3.14. The summed E-state index contributed by atoms with van der Waals surface area (Å²) in [7, 11) is 0. The predicted molar refractivity (Wildman–Crippen MR) is 134 cm³/mol. The Labute approximate surface area is 206 Å². The predicted octanol–water partition coefficient (Wildman–Crippen LogP) is 7.04. The Balaban J connectivity index is 1.42. The molecule has 0 radical (unpaired) electrons. The van der Waals surface area contributed by atoms with E-state index >= 15 is 0 Å². The number of carbonyl (C=O) groups excluding carboxylic acids is 1. The van der Waals surface area contributed by atoms with Gasteiger partial charge in [0.25, 0.3) is 0 Å². The van der Waals surface area contributed by atoms with Crippen molar-refractivity contribution >= 4 is 5.97 Å². The van der Waals surface area contributed by atoms with Crippen LogP contribution in [0.15, 0.2) is 24.3 Å². The van der Waals surface area contributed by atoms with Gasteiger partial charge in [0.1, 0.15) is 17.3 Å². The Morgan fingerprint density at radius 2 is 1.74 bits per heavy atom. The van der Waals surface area contributed by atoms with Gasteiger partial charge in [0, 0.05) is 30.6 Å². The molecule has 4 aliphatic carbocycles. The van der Waals surface area contributed by atoms with Crippen molar-refractivity contribution in [1.82, 2.24) is 0 Å². The molecule has 0 amide bonds. The first-order valence-corrected chi connectivity index (χ1v) is 13.9. The van der Waals surface area contributed by atoms with Gasteiger partial charge < -0.3 is 4.74 Å². The molecule has 1 saturated heterocycles. The van der Waals surface area contributed by atoms with Crippen LogP contribution < -0.4 is 0 Å². The van der Waals surface area contributed by atoms with Gasteiger partial charge in [-0.05, 0) is 73.7 Å². The van der Waals surface area contributed by atoms with E-state index in [4.69, 9.17) is 14.5 Å². The van der Waals surface area contributed by atoms with Gasteiger partial charge in [-0.3, -0.25) is 4.79 Å². The van der Waals surface area contributed by atoms with Crippen LogP contribution in [0.25, 0.3) is 0 Å². The Morgan fingerprint density at radius 1 is 0.971 bits per heavy atom. The topological polar surface area (TPSA) is 44.8 Å². The van der Waals surface area contributed by atoms with Gasteiger partial charge in [-0.25, -0.2) is 9.78 Å². The van der Waals surface area contributed by atoms with E-state index in [1.807, 2.05) is 0 Å². The molecule has 34 heavy (non-hydrogen) atoms. The van der Waals surface area contributed by atoms with Crippen LogP contribution in [0, 0.1) is 46.3 Å². The van der Waals surface area contributed by atoms with E-state index in [2.05, 4.69) is 65.8 Å². The molecule has 2 spiro atoms. The molecule has 3 saturated carbocycles. The molecule has 10 atom stereocenters. The zero-order valence-electron chi connectivity index (χ0n) is 22.4. The van der Waals surface area contributed by atoms with Crippen molar-refractivity contribution in [3.05, 3.63) is 24.3 Å². The summed E-state index contributed by atoms with van der Waals surface area (Å²) in [6, 6.07) is 0. The molecule has 0 aromatic rings. The van der Waals surface area contributed by atoms with Crippen LogP contribution in [0.5, 0.6) is 0 Å². The summed E-state index contributed by atoms with van der Waals surface area (Å²) >= 11 is 0. The molecule has 6 aliphatic rings. The number of carbonyl (C=O) groups is 1. The zero-order valence-corrected chi connectivity index (χ0v) is 22.4. The fourth-order valence-corrected chi connectivity index (χ4v) is 9.03. The maximum Gasteiger partial charge on any atom is 0.302 e. The molecule has 190 valence electrons. The Kier molecular flexibility index (Phi) is 5.92. The third-order valence-corrected chi connectivity index (χ3v) is 11.4. The first-order chi connectivity index (χ1) is 16.0. The van der Waals surface area contributed by atoms with Crippen molar-refractivity contribution in [1.29, 1.82) is 0 Å². The largest absolute Gasteiger partial charge is 0.462 e. The normalized spacial score (nSPS) is 48.9. The summed E-state index contributed by atoms with van der Waals surface area (Å²) in [5.74, 6) is 3.30. The van der Waals surface area contributed by atoms with Crippen molar-refractivity contribution < 1.29 is 19.3 Å². The van der Waals surface area contributed by atoms with Crippen molar-refractivity contribution in [3.8, 4) is 0 Å². The molecule has 0 N–H and O–H groups in total. The van der Waals surface area contributed by atoms with Crippen molar-refractivity contribution in [2.24, 2.45) is 46.3 Å². The zero-order chi connectivity index (χ0) is 24.5. The van der Waals surface area contributed by atoms with Crippen LogP contribution in [0.4, 0.5) is 0 Å². The number of fused-ring (bicyclic) bond motifs is 2. The lowest BCUT2D eigenvalue weighted by Gasteiger charge is -2.69. The van der Waals surface area contributed by atoms with Crippen molar-refractivity contribution in [2.75, 3.05) is 0 Å². The highest BCUT2D eigenvalue weighted by Gasteiger charge is 2.74. The fraction of sp³-hybridized carbons (Fsp3) is 0.833. The maximum absolute atomic E-state index is 11.6. The van der Waals surface area contributed by atoms with Crippen molar-refractivity contribution in [2.45, 2.75) is 111 Å². The highest BCUT2D eigenvalue weighted by molar-refractivity contribution is 5.66. The lowest BCUT2D eigenvalue weighted by Crippen LogP contribution is -2.73. The summed E-state index contributed by atoms with van der Waals surface area (Å²) in [6.45, 7) is 15.9.